The molecule has 0 fully saturated rings. The van der Waals surface area contributed by atoms with Crippen LogP contribution in [0, 0.1) is 6.92 Å². The number of benzene rings is 1. The Bertz CT molecular complexity index is 570. The van der Waals surface area contributed by atoms with E-state index in [-0.39, 0.29) is 6.04 Å². The van der Waals surface area contributed by atoms with Crippen molar-refractivity contribution in [1.29, 1.82) is 0 Å². The van der Waals surface area contributed by atoms with E-state index in [1.165, 1.54) is 0 Å². The molecule has 19 heavy (non-hydrogen) atoms. The number of hydrogen-bond acceptors (Lipinski definition) is 3. The molecule has 0 radical (unpaired) electrons. The Morgan fingerprint density at radius 1 is 1.37 bits per heavy atom. The van der Waals surface area contributed by atoms with Crippen LogP contribution in [0.3, 0.4) is 0 Å². The fraction of sp³-hybridized carbons (Fsp3) is 0.267. The molecule has 2 rings (SSSR count). The average Bonchev–Trinajstić information content (AvgIpc) is 2.37. The second-order valence-electron chi connectivity index (χ2n) is 4.53. The van der Waals surface area contributed by atoms with Crippen LogP contribution in [0.2, 0.25) is 0 Å². The van der Waals surface area contributed by atoms with Crippen LogP contribution in [0.4, 0.5) is 0 Å². The zero-order valence-corrected chi connectivity index (χ0v) is 12.6. The topological polar surface area (TPSA) is 48.1 Å². The molecular weight excluding hydrogens is 304 g/mol. The second kappa shape index (κ2) is 6.17. The molecule has 1 heterocycles. The lowest BCUT2D eigenvalue weighted by atomic mass is 10.1. The molecule has 4 heteroatoms. The lowest BCUT2D eigenvalue weighted by Crippen LogP contribution is -2.09. The lowest BCUT2D eigenvalue weighted by molar-refractivity contribution is 0.295. The largest absolute Gasteiger partial charge is 0.487 e. The van der Waals surface area contributed by atoms with Gasteiger partial charge in [0.05, 0.1) is 5.69 Å². The van der Waals surface area contributed by atoms with Crippen LogP contribution in [0.1, 0.15) is 29.8 Å². The minimum atomic E-state index is -0.0621. The van der Waals surface area contributed by atoms with Crippen molar-refractivity contribution >= 4 is 15.9 Å². The molecule has 1 unspecified atom stereocenters. The van der Waals surface area contributed by atoms with Crippen molar-refractivity contribution in [2.45, 2.75) is 26.5 Å². The van der Waals surface area contributed by atoms with Gasteiger partial charge in [-0.15, -0.1) is 0 Å². The summed E-state index contributed by atoms with van der Waals surface area (Å²) >= 11 is 3.45. The Labute approximate surface area is 121 Å². The van der Waals surface area contributed by atoms with Crippen LogP contribution in [0.5, 0.6) is 5.75 Å². The summed E-state index contributed by atoms with van der Waals surface area (Å²) in [4.78, 5) is 4.32. The van der Waals surface area contributed by atoms with E-state index in [4.69, 9.17) is 10.5 Å². The highest BCUT2D eigenvalue weighted by Crippen LogP contribution is 2.28. The van der Waals surface area contributed by atoms with E-state index >= 15 is 0 Å². The van der Waals surface area contributed by atoms with Crippen molar-refractivity contribution in [3.05, 3.63) is 57.8 Å². The van der Waals surface area contributed by atoms with Crippen LogP contribution in [0.15, 0.2) is 41.0 Å². The van der Waals surface area contributed by atoms with E-state index in [0.717, 1.165) is 27.0 Å². The monoisotopic (exact) mass is 320 g/mol. The molecule has 3 nitrogen and oxygen atoms in total. The fourth-order valence-electron chi connectivity index (χ4n) is 1.82. The van der Waals surface area contributed by atoms with E-state index < -0.39 is 0 Å². The van der Waals surface area contributed by atoms with Crippen molar-refractivity contribution in [1.82, 2.24) is 4.98 Å². The molecule has 0 spiro atoms. The molecular formula is C15H17BrN2O. The predicted molar refractivity (Wildman–Crippen MR) is 80.1 cm³/mol. The van der Waals surface area contributed by atoms with Crippen LogP contribution in [0.25, 0.3) is 0 Å². The van der Waals surface area contributed by atoms with E-state index in [9.17, 15) is 0 Å². The summed E-state index contributed by atoms with van der Waals surface area (Å²) in [6, 6.07) is 9.78. The first-order chi connectivity index (χ1) is 9.08. The van der Waals surface area contributed by atoms with Gasteiger partial charge in [0.2, 0.25) is 0 Å². The molecule has 0 bridgehead atoms. The Kier molecular flexibility index (Phi) is 4.56. The van der Waals surface area contributed by atoms with Crippen molar-refractivity contribution < 1.29 is 4.74 Å². The van der Waals surface area contributed by atoms with E-state index in [0.29, 0.717) is 6.61 Å². The van der Waals surface area contributed by atoms with E-state index in [1.807, 2.05) is 44.2 Å². The number of halogens is 1. The quantitative estimate of drug-likeness (QED) is 0.933. The number of hydrogen-bond donors (Lipinski definition) is 1. The first-order valence-electron chi connectivity index (χ1n) is 6.16. The third-order valence-corrected chi connectivity index (χ3v) is 3.44. The van der Waals surface area contributed by atoms with Crippen molar-refractivity contribution in [3.8, 4) is 5.75 Å². The minimum absolute atomic E-state index is 0.0621. The number of aromatic nitrogens is 1. The zero-order valence-electron chi connectivity index (χ0n) is 11.1. The van der Waals surface area contributed by atoms with Gasteiger partial charge in [0.15, 0.2) is 0 Å². The summed E-state index contributed by atoms with van der Waals surface area (Å²) in [5, 5.41) is 0. The highest BCUT2D eigenvalue weighted by molar-refractivity contribution is 9.10. The molecule has 1 aromatic carbocycles. The number of aryl methyl sites for hydroxylation is 1. The molecule has 2 aromatic rings. The summed E-state index contributed by atoms with van der Waals surface area (Å²) in [7, 11) is 0. The van der Waals surface area contributed by atoms with E-state index in [2.05, 4.69) is 20.9 Å². The molecule has 0 saturated heterocycles. The number of nitrogens with two attached hydrogens (primary N) is 1. The Hall–Kier alpha value is -1.39. The SMILES string of the molecule is Cc1cccnc1COc1cc(Br)ccc1C(C)N. The van der Waals surface area contributed by atoms with Gasteiger partial charge in [-0.25, -0.2) is 0 Å². The highest BCUT2D eigenvalue weighted by Gasteiger charge is 2.09. The summed E-state index contributed by atoms with van der Waals surface area (Å²) in [5.74, 6) is 0.800. The van der Waals surface area contributed by atoms with Gasteiger partial charge in [-0.1, -0.05) is 28.1 Å². The van der Waals surface area contributed by atoms with Crippen LogP contribution in [-0.2, 0) is 6.61 Å². The highest BCUT2D eigenvalue weighted by atomic mass is 79.9. The molecule has 0 aliphatic heterocycles. The average molecular weight is 321 g/mol. The molecule has 2 N–H and O–H groups in total. The molecule has 0 aliphatic carbocycles. The normalized spacial score (nSPS) is 12.2. The number of pyridine rings is 1. The number of nitrogens with zero attached hydrogens (tertiary/aromatic N) is 1. The van der Waals surface area contributed by atoms with Gasteiger partial charge < -0.3 is 10.5 Å². The first kappa shape index (κ1) is 14.0. The minimum Gasteiger partial charge on any atom is -0.487 e. The van der Waals surface area contributed by atoms with Gasteiger partial charge >= 0.3 is 0 Å². The third-order valence-electron chi connectivity index (χ3n) is 2.95. The van der Waals surface area contributed by atoms with E-state index in [1.54, 1.807) is 6.20 Å². The second-order valence-corrected chi connectivity index (χ2v) is 5.44. The van der Waals surface area contributed by atoms with Gasteiger partial charge in [-0.3, -0.25) is 4.98 Å². The Morgan fingerprint density at radius 2 is 2.16 bits per heavy atom. The van der Waals surface area contributed by atoms with Gasteiger partial charge in [0.1, 0.15) is 12.4 Å². The predicted octanol–water partition coefficient (Wildman–Crippen LogP) is 3.75. The van der Waals surface area contributed by atoms with Crippen molar-refractivity contribution in [2.24, 2.45) is 5.73 Å². The third kappa shape index (κ3) is 3.55. The zero-order chi connectivity index (χ0) is 13.8. The van der Waals surface area contributed by atoms with Gasteiger partial charge in [0, 0.05) is 22.3 Å². The Balaban J connectivity index is 2.19. The van der Waals surface area contributed by atoms with Gasteiger partial charge in [0.25, 0.3) is 0 Å². The molecule has 100 valence electrons. The molecule has 0 aliphatic rings. The number of ether oxygens (including phenoxy) is 1. The molecule has 1 aromatic heterocycles. The fourth-order valence-corrected chi connectivity index (χ4v) is 2.17. The van der Waals surface area contributed by atoms with Crippen molar-refractivity contribution in [3.63, 3.8) is 0 Å². The lowest BCUT2D eigenvalue weighted by Gasteiger charge is -2.14. The van der Waals surface area contributed by atoms with Crippen LogP contribution >= 0.6 is 15.9 Å². The standard InChI is InChI=1S/C15H17BrN2O/c1-10-4-3-7-18-14(10)9-19-15-8-12(16)5-6-13(15)11(2)17/h3-8,11H,9,17H2,1-2H3. The maximum absolute atomic E-state index is 5.95. The maximum atomic E-state index is 5.95. The molecule has 1 atom stereocenters. The van der Waals surface area contributed by atoms with Gasteiger partial charge in [-0.2, -0.15) is 0 Å². The smallest absolute Gasteiger partial charge is 0.130 e. The first-order valence-corrected chi connectivity index (χ1v) is 6.95. The summed E-state index contributed by atoms with van der Waals surface area (Å²) < 4.78 is 6.85. The Morgan fingerprint density at radius 3 is 2.84 bits per heavy atom. The summed E-state index contributed by atoms with van der Waals surface area (Å²) in [5.41, 5.74) is 9.02. The van der Waals surface area contributed by atoms with Crippen LogP contribution in [-0.4, -0.2) is 4.98 Å². The van der Waals surface area contributed by atoms with Crippen molar-refractivity contribution in [2.75, 3.05) is 0 Å². The number of rotatable bonds is 4. The van der Waals surface area contributed by atoms with Gasteiger partial charge in [-0.05, 0) is 37.6 Å². The molecule has 0 amide bonds. The maximum Gasteiger partial charge on any atom is 0.130 e. The summed E-state index contributed by atoms with van der Waals surface area (Å²) in [6.07, 6.45) is 1.78. The summed E-state index contributed by atoms with van der Waals surface area (Å²) in [6.45, 7) is 4.42. The van der Waals surface area contributed by atoms with Crippen LogP contribution < -0.4 is 10.5 Å². The molecule has 0 saturated carbocycles.